The number of rotatable bonds is 2. The van der Waals surface area contributed by atoms with Gasteiger partial charge in [-0.1, -0.05) is 12.7 Å². The summed E-state index contributed by atoms with van der Waals surface area (Å²) in [6.07, 6.45) is 2.63. The van der Waals surface area contributed by atoms with E-state index in [0.717, 1.165) is 6.42 Å². The van der Waals surface area contributed by atoms with Crippen molar-refractivity contribution in [2.75, 3.05) is 26.2 Å². The Labute approximate surface area is 94.4 Å². The van der Waals surface area contributed by atoms with Crippen LogP contribution in [0.4, 0.5) is 4.79 Å². The van der Waals surface area contributed by atoms with Crippen molar-refractivity contribution in [2.24, 2.45) is 5.41 Å². The third-order valence-electron chi connectivity index (χ3n) is 3.22. The summed E-state index contributed by atoms with van der Waals surface area (Å²) in [5.74, 6) is 0.0845. The molecule has 1 spiro atoms. The average Bonchev–Trinajstić information content (AvgIpc) is 2.83. The Morgan fingerprint density at radius 2 is 2.50 bits per heavy atom. The predicted octanol–water partition coefficient (Wildman–Crippen LogP) is 0.521. The summed E-state index contributed by atoms with van der Waals surface area (Å²) >= 11 is 0. The van der Waals surface area contributed by atoms with E-state index in [9.17, 15) is 9.59 Å². The van der Waals surface area contributed by atoms with Crippen LogP contribution in [-0.2, 0) is 9.53 Å². The molecule has 0 aromatic rings. The Morgan fingerprint density at radius 1 is 1.69 bits per heavy atom. The van der Waals surface area contributed by atoms with Crippen LogP contribution in [-0.4, -0.2) is 43.1 Å². The number of nitrogens with one attached hydrogen (secondary N) is 1. The van der Waals surface area contributed by atoms with Crippen LogP contribution in [0.3, 0.4) is 0 Å². The fraction of sp³-hybridized carbons (Fsp3) is 0.636. The number of carbonyl (C=O) groups is 2. The molecule has 2 fully saturated rings. The lowest BCUT2D eigenvalue weighted by molar-refractivity contribution is -0.119. The highest BCUT2D eigenvalue weighted by atomic mass is 16.6. The van der Waals surface area contributed by atoms with Crippen molar-refractivity contribution in [3.8, 4) is 0 Å². The molecule has 2 heterocycles. The molecule has 88 valence electrons. The number of hydrogen-bond acceptors (Lipinski definition) is 3. The molecule has 0 aromatic heterocycles. The molecule has 2 aliphatic heterocycles. The van der Waals surface area contributed by atoms with Gasteiger partial charge in [0.15, 0.2) is 0 Å². The van der Waals surface area contributed by atoms with Crippen molar-refractivity contribution in [3.05, 3.63) is 12.7 Å². The monoisotopic (exact) mass is 224 g/mol. The summed E-state index contributed by atoms with van der Waals surface area (Å²) in [5.41, 5.74) is -0.0513. The number of hydrogen-bond donors (Lipinski definition) is 1. The maximum absolute atomic E-state index is 11.6. The average molecular weight is 224 g/mol. The summed E-state index contributed by atoms with van der Waals surface area (Å²) in [5, 5.41) is 2.82. The maximum Gasteiger partial charge on any atom is 0.410 e. The van der Waals surface area contributed by atoms with Crippen LogP contribution in [0.5, 0.6) is 0 Å². The summed E-state index contributed by atoms with van der Waals surface area (Å²) in [6, 6.07) is 0. The van der Waals surface area contributed by atoms with Gasteiger partial charge in [-0.2, -0.15) is 0 Å². The van der Waals surface area contributed by atoms with E-state index >= 15 is 0 Å². The molecule has 2 amide bonds. The molecule has 0 aromatic carbocycles. The summed E-state index contributed by atoms with van der Waals surface area (Å²) in [7, 11) is 0. The van der Waals surface area contributed by atoms with Gasteiger partial charge < -0.3 is 15.0 Å². The lowest BCUT2D eigenvalue weighted by Crippen LogP contribution is -2.33. The van der Waals surface area contributed by atoms with Crippen LogP contribution >= 0.6 is 0 Å². The van der Waals surface area contributed by atoms with Crippen molar-refractivity contribution in [1.29, 1.82) is 0 Å². The summed E-state index contributed by atoms with van der Waals surface area (Å²) in [4.78, 5) is 24.4. The van der Waals surface area contributed by atoms with Gasteiger partial charge in [-0.3, -0.25) is 4.79 Å². The highest BCUT2D eigenvalue weighted by Crippen LogP contribution is 2.36. The Morgan fingerprint density at radius 3 is 3.12 bits per heavy atom. The largest absolute Gasteiger partial charge is 0.445 e. The van der Waals surface area contributed by atoms with Crippen molar-refractivity contribution in [1.82, 2.24) is 10.2 Å². The Balaban J connectivity index is 1.90. The van der Waals surface area contributed by atoms with E-state index in [-0.39, 0.29) is 24.0 Å². The molecule has 2 aliphatic rings. The van der Waals surface area contributed by atoms with Crippen LogP contribution in [0.15, 0.2) is 12.7 Å². The zero-order valence-corrected chi connectivity index (χ0v) is 9.20. The van der Waals surface area contributed by atoms with E-state index in [0.29, 0.717) is 26.1 Å². The van der Waals surface area contributed by atoms with Crippen LogP contribution in [0, 0.1) is 5.41 Å². The molecule has 5 nitrogen and oxygen atoms in total. The second-order valence-electron chi connectivity index (χ2n) is 4.49. The van der Waals surface area contributed by atoms with Crippen LogP contribution in [0.2, 0.25) is 0 Å². The molecule has 1 atom stereocenters. The quantitative estimate of drug-likeness (QED) is 0.696. The maximum atomic E-state index is 11.6. The third-order valence-corrected chi connectivity index (χ3v) is 3.22. The molecular weight excluding hydrogens is 208 g/mol. The molecule has 0 aliphatic carbocycles. The fourth-order valence-electron chi connectivity index (χ4n) is 2.35. The van der Waals surface area contributed by atoms with Gasteiger partial charge in [0.2, 0.25) is 5.91 Å². The van der Waals surface area contributed by atoms with Crippen molar-refractivity contribution < 1.29 is 14.3 Å². The first kappa shape index (κ1) is 11.0. The summed E-state index contributed by atoms with van der Waals surface area (Å²) < 4.78 is 4.97. The van der Waals surface area contributed by atoms with Gasteiger partial charge in [-0.05, 0) is 6.42 Å². The van der Waals surface area contributed by atoms with Gasteiger partial charge in [0.25, 0.3) is 0 Å². The molecule has 0 radical (unpaired) electrons. The molecular formula is C11H16N2O3. The van der Waals surface area contributed by atoms with Gasteiger partial charge in [0.05, 0.1) is 0 Å². The first-order chi connectivity index (χ1) is 7.65. The molecule has 2 rings (SSSR count). The van der Waals surface area contributed by atoms with Gasteiger partial charge >= 0.3 is 6.09 Å². The first-order valence-corrected chi connectivity index (χ1v) is 5.44. The SMILES string of the molecule is C=CCOC(=O)N1CCC2(CNC(=O)C2)C1. The number of carbonyl (C=O) groups excluding carboxylic acids is 2. The molecule has 1 N–H and O–H groups in total. The fourth-order valence-corrected chi connectivity index (χ4v) is 2.35. The standard InChI is InChI=1S/C11H16N2O3/c1-2-5-16-10(15)13-4-3-11(8-13)6-9(14)12-7-11/h2H,1,3-8H2,(H,12,14). The van der Waals surface area contributed by atoms with E-state index < -0.39 is 0 Å². The van der Waals surface area contributed by atoms with E-state index in [4.69, 9.17) is 4.74 Å². The summed E-state index contributed by atoms with van der Waals surface area (Å²) in [6.45, 7) is 5.69. The highest BCUT2D eigenvalue weighted by molar-refractivity contribution is 5.79. The second kappa shape index (κ2) is 4.15. The van der Waals surface area contributed by atoms with Crippen LogP contribution in [0.1, 0.15) is 12.8 Å². The molecule has 0 bridgehead atoms. The topological polar surface area (TPSA) is 58.6 Å². The second-order valence-corrected chi connectivity index (χ2v) is 4.49. The predicted molar refractivity (Wildman–Crippen MR) is 57.8 cm³/mol. The Hall–Kier alpha value is -1.52. The van der Waals surface area contributed by atoms with Gasteiger partial charge in [-0.25, -0.2) is 4.79 Å². The van der Waals surface area contributed by atoms with E-state index in [1.807, 2.05) is 0 Å². The van der Waals surface area contributed by atoms with Crippen LogP contribution in [0.25, 0.3) is 0 Å². The highest BCUT2D eigenvalue weighted by Gasteiger charge is 2.45. The molecule has 0 saturated carbocycles. The molecule has 2 saturated heterocycles. The number of likely N-dealkylation sites (tertiary alicyclic amines) is 1. The van der Waals surface area contributed by atoms with Gasteiger partial charge in [0.1, 0.15) is 6.61 Å². The lowest BCUT2D eigenvalue weighted by Gasteiger charge is -2.21. The third kappa shape index (κ3) is 2.03. The normalized spacial score (nSPS) is 28.2. The van der Waals surface area contributed by atoms with Crippen molar-refractivity contribution >= 4 is 12.0 Å². The molecule has 1 unspecified atom stereocenters. The minimum atomic E-state index is -0.309. The Bertz CT molecular complexity index is 329. The molecule has 16 heavy (non-hydrogen) atoms. The van der Waals surface area contributed by atoms with Crippen LogP contribution < -0.4 is 5.32 Å². The van der Waals surface area contributed by atoms with Gasteiger partial charge in [-0.15, -0.1) is 0 Å². The zero-order chi connectivity index (χ0) is 11.6. The first-order valence-electron chi connectivity index (χ1n) is 5.44. The number of amides is 2. The van der Waals surface area contributed by atoms with Crippen molar-refractivity contribution in [2.45, 2.75) is 12.8 Å². The van der Waals surface area contributed by atoms with E-state index in [2.05, 4.69) is 11.9 Å². The van der Waals surface area contributed by atoms with E-state index in [1.165, 1.54) is 0 Å². The minimum Gasteiger partial charge on any atom is -0.445 e. The molecule has 5 heteroatoms. The Kier molecular flexibility index (Phi) is 2.85. The number of nitrogens with zero attached hydrogens (tertiary/aromatic N) is 1. The van der Waals surface area contributed by atoms with Crippen molar-refractivity contribution in [3.63, 3.8) is 0 Å². The van der Waals surface area contributed by atoms with E-state index in [1.54, 1.807) is 11.0 Å². The van der Waals surface area contributed by atoms with Gasteiger partial charge in [0, 0.05) is 31.5 Å². The lowest BCUT2D eigenvalue weighted by atomic mass is 9.86. The zero-order valence-electron chi connectivity index (χ0n) is 9.20. The minimum absolute atomic E-state index is 0.0513. The smallest absolute Gasteiger partial charge is 0.410 e. The number of ether oxygens (including phenoxy) is 1.